The first kappa shape index (κ1) is 19.7. The van der Waals surface area contributed by atoms with Crippen LogP contribution in [0.5, 0.6) is 0 Å². The SMILES string of the molecule is CNCCCC(=O)N1CCN(Cc2ccc(Cl)cc2)C(=O)C1.Cl. The maximum absolute atomic E-state index is 12.2. The van der Waals surface area contributed by atoms with Crippen molar-refractivity contribution >= 4 is 35.8 Å². The highest BCUT2D eigenvalue weighted by atomic mass is 35.5. The lowest BCUT2D eigenvalue weighted by Gasteiger charge is -2.34. The van der Waals surface area contributed by atoms with Gasteiger partial charge in [0.2, 0.25) is 11.8 Å². The largest absolute Gasteiger partial charge is 0.335 e. The fourth-order valence-electron chi connectivity index (χ4n) is 2.47. The quantitative estimate of drug-likeness (QED) is 0.789. The number of halogens is 2. The summed E-state index contributed by atoms with van der Waals surface area (Å²) in [6.45, 7) is 2.76. The molecular weight excluding hydrogens is 337 g/mol. The molecule has 1 N–H and O–H groups in total. The van der Waals surface area contributed by atoms with Gasteiger partial charge in [-0.25, -0.2) is 0 Å². The van der Waals surface area contributed by atoms with Gasteiger partial charge in [-0.2, -0.15) is 0 Å². The molecule has 1 fully saturated rings. The molecule has 0 bridgehead atoms. The summed E-state index contributed by atoms with van der Waals surface area (Å²) in [6.07, 6.45) is 1.29. The van der Waals surface area contributed by atoms with Gasteiger partial charge in [0.05, 0.1) is 6.54 Å². The third-order valence-electron chi connectivity index (χ3n) is 3.78. The van der Waals surface area contributed by atoms with E-state index in [1.54, 1.807) is 9.80 Å². The molecule has 0 saturated carbocycles. The summed E-state index contributed by atoms with van der Waals surface area (Å²) >= 11 is 5.86. The number of hydrogen-bond donors (Lipinski definition) is 1. The molecule has 1 aromatic carbocycles. The normalized spacial score (nSPS) is 14.6. The fraction of sp³-hybridized carbons (Fsp3) is 0.500. The Labute approximate surface area is 148 Å². The highest BCUT2D eigenvalue weighted by molar-refractivity contribution is 6.30. The molecule has 1 aliphatic heterocycles. The van der Waals surface area contributed by atoms with E-state index in [-0.39, 0.29) is 30.8 Å². The van der Waals surface area contributed by atoms with Gasteiger partial charge in [0.25, 0.3) is 0 Å². The lowest BCUT2D eigenvalue weighted by molar-refractivity contribution is -0.145. The van der Waals surface area contributed by atoms with E-state index in [1.807, 2.05) is 31.3 Å². The molecule has 2 rings (SSSR count). The zero-order chi connectivity index (χ0) is 15.9. The average molecular weight is 360 g/mol. The molecule has 0 radical (unpaired) electrons. The number of rotatable bonds is 6. The van der Waals surface area contributed by atoms with E-state index in [4.69, 9.17) is 11.6 Å². The monoisotopic (exact) mass is 359 g/mol. The molecule has 1 aromatic rings. The highest BCUT2D eigenvalue weighted by Crippen LogP contribution is 2.14. The van der Waals surface area contributed by atoms with Gasteiger partial charge in [0.1, 0.15) is 0 Å². The standard InChI is InChI=1S/C16H22ClN3O2.ClH/c1-18-8-2-3-15(21)20-10-9-19(16(22)12-20)11-13-4-6-14(17)7-5-13;/h4-7,18H,2-3,8-12H2,1H3;1H. The van der Waals surface area contributed by atoms with Gasteiger partial charge >= 0.3 is 0 Å². The molecule has 0 aliphatic carbocycles. The molecule has 5 nitrogen and oxygen atoms in total. The lowest BCUT2D eigenvalue weighted by atomic mass is 10.2. The molecule has 0 aromatic heterocycles. The van der Waals surface area contributed by atoms with Crippen molar-refractivity contribution < 1.29 is 9.59 Å². The Hall–Kier alpha value is -1.30. The van der Waals surface area contributed by atoms with Crippen LogP contribution in [-0.2, 0) is 16.1 Å². The number of nitrogens with zero attached hydrogens (tertiary/aromatic N) is 2. The Kier molecular flexibility index (Phi) is 8.37. The van der Waals surface area contributed by atoms with Crippen molar-refractivity contribution in [1.29, 1.82) is 0 Å². The first-order valence-corrected chi connectivity index (χ1v) is 7.92. The van der Waals surface area contributed by atoms with E-state index in [0.717, 1.165) is 18.5 Å². The van der Waals surface area contributed by atoms with Gasteiger partial charge < -0.3 is 15.1 Å². The molecule has 0 atom stereocenters. The molecule has 128 valence electrons. The van der Waals surface area contributed by atoms with Gasteiger partial charge in [-0.05, 0) is 37.7 Å². The Morgan fingerprint density at radius 1 is 1.26 bits per heavy atom. The van der Waals surface area contributed by atoms with E-state index in [1.165, 1.54) is 0 Å². The molecule has 7 heteroatoms. The van der Waals surface area contributed by atoms with E-state index < -0.39 is 0 Å². The van der Waals surface area contributed by atoms with Crippen LogP contribution in [0.4, 0.5) is 0 Å². The minimum atomic E-state index is 0. The number of amides is 2. The maximum Gasteiger partial charge on any atom is 0.242 e. The second-order valence-electron chi connectivity index (χ2n) is 5.46. The molecule has 23 heavy (non-hydrogen) atoms. The molecule has 0 unspecified atom stereocenters. The van der Waals surface area contributed by atoms with Crippen molar-refractivity contribution in [2.24, 2.45) is 0 Å². The number of carbonyl (C=O) groups is 2. The van der Waals surface area contributed by atoms with Crippen LogP contribution in [0.15, 0.2) is 24.3 Å². The number of nitrogens with one attached hydrogen (secondary N) is 1. The number of benzene rings is 1. The van der Waals surface area contributed by atoms with Crippen molar-refractivity contribution in [2.75, 3.05) is 33.2 Å². The Balaban J connectivity index is 0.00000264. The zero-order valence-electron chi connectivity index (χ0n) is 13.3. The first-order chi connectivity index (χ1) is 10.6. The average Bonchev–Trinajstić information content (AvgIpc) is 2.51. The molecule has 1 heterocycles. The second-order valence-corrected chi connectivity index (χ2v) is 5.90. The van der Waals surface area contributed by atoms with Gasteiger partial charge in [-0.1, -0.05) is 23.7 Å². The van der Waals surface area contributed by atoms with E-state index in [0.29, 0.717) is 31.1 Å². The molecule has 2 amide bonds. The van der Waals surface area contributed by atoms with Crippen LogP contribution in [0.2, 0.25) is 5.02 Å². The minimum absolute atomic E-state index is 0. The van der Waals surface area contributed by atoms with Gasteiger partial charge in [0, 0.05) is 31.1 Å². The van der Waals surface area contributed by atoms with Gasteiger partial charge in [0.15, 0.2) is 0 Å². The summed E-state index contributed by atoms with van der Waals surface area (Å²) in [7, 11) is 1.86. The third-order valence-corrected chi connectivity index (χ3v) is 4.03. The third kappa shape index (κ3) is 6.01. The Morgan fingerprint density at radius 3 is 2.57 bits per heavy atom. The van der Waals surface area contributed by atoms with Crippen LogP contribution >= 0.6 is 24.0 Å². The van der Waals surface area contributed by atoms with Crippen LogP contribution < -0.4 is 5.32 Å². The fourth-order valence-corrected chi connectivity index (χ4v) is 2.60. The maximum atomic E-state index is 12.2. The molecule has 1 aliphatic rings. The van der Waals surface area contributed by atoms with Gasteiger partial charge in [-0.3, -0.25) is 9.59 Å². The lowest BCUT2D eigenvalue weighted by Crippen LogP contribution is -2.51. The second kappa shape index (κ2) is 9.75. The van der Waals surface area contributed by atoms with Crippen molar-refractivity contribution in [3.8, 4) is 0 Å². The zero-order valence-corrected chi connectivity index (χ0v) is 14.8. The van der Waals surface area contributed by atoms with E-state index in [9.17, 15) is 9.59 Å². The van der Waals surface area contributed by atoms with Crippen molar-refractivity contribution in [3.63, 3.8) is 0 Å². The summed E-state index contributed by atoms with van der Waals surface area (Å²) < 4.78 is 0. The molecular formula is C16H23Cl2N3O2. The number of carbonyl (C=O) groups excluding carboxylic acids is 2. The summed E-state index contributed by atoms with van der Waals surface area (Å²) in [6, 6.07) is 7.49. The number of piperazine rings is 1. The van der Waals surface area contributed by atoms with Crippen molar-refractivity contribution in [3.05, 3.63) is 34.9 Å². The predicted octanol–water partition coefficient (Wildman–Crippen LogP) is 1.93. The summed E-state index contributed by atoms with van der Waals surface area (Å²) in [5.74, 6) is 0.0675. The Bertz CT molecular complexity index is 523. The smallest absolute Gasteiger partial charge is 0.242 e. The Morgan fingerprint density at radius 2 is 1.96 bits per heavy atom. The molecule has 0 spiro atoms. The predicted molar refractivity (Wildman–Crippen MR) is 93.9 cm³/mol. The first-order valence-electron chi connectivity index (χ1n) is 7.54. The van der Waals surface area contributed by atoms with Crippen LogP contribution in [0.3, 0.4) is 0 Å². The van der Waals surface area contributed by atoms with E-state index >= 15 is 0 Å². The summed E-state index contributed by atoms with van der Waals surface area (Å²) in [4.78, 5) is 27.7. The van der Waals surface area contributed by atoms with Crippen LogP contribution in [0.25, 0.3) is 0 Å². The van der Waals surface area contributed by atoms with Gasteiger partial charge in [-0.15, -0.1) is 12.4 Å². The summed E-state index contributed by atoms with van der Waals surface area (Å²) in [5, 5.41) is 3.70. The van der Waals surface area contributed by atoms with Crippen molar-refractivity contribution in [1.82, 2.24) is 15.1 Å². The van der Waals surface area contributed by atoms with E-state index in [2.05, 4.69) is 5.32 Å². The minimum Gasteiger partial charge on any atom is -0.335 e. The van der Waals surface area contributed by atoms with Crippen LogP contribution in [0.1, 0.15) is 18.4 Å². The number of hydrogen-bond acceptors (Lipinski definition) is 3. The van der Waals surface area contributed by atoms with Crippen LogP contribution in [0, 0.1) is 0 Å². The van der Waals surface area contributed by atoms with Crippen molar-refractivity contribution in [2.45, 2.75) is 19.4 Å². The highest BCUT2D eigenvalue weighted by Gasteiger charge is 2.26. The summed E-state index contributed by atoms with van der Waals surface area (Å²) in [5.41, 5.74) is 1.05. The van der Waals surface area contributed by atoms with Crippen LogP contribution in [-0.4, -0.2) is 54.8 Å². The topological polar surface area (TPSA) is 52.7 Å². The molecule has 1 saturated heterocycles.